The molecule has 0 spiro atoms. The molecule has 7 heteroatoms. The van der Waals surface area contributed by atoms with E-state index in [9.17, 15) is 9.59 Å². The van der Waals surface area contributed by atoms with E-state index in [-0.39, 0.29) is 24.3 Å². The second kappa shape index (κ2) is 7.72. The lowest BCUT2D eigenvalue weighted by Gasteiger charge is -2.26. The van der Waals surface area contributed by atoms with Gasteiger partial charge in [0, 0.05) is 23.0 Å². The minimum absolute atomic E-state index is 0.0458. The number of carbonyl (C=O) groups excluding carboxylic acids is 2. The van der Waals surface area contributed by atoms with Crippen molar-refractivity contribution in [1.82, 2.24) is 15.1 Å². The van der Waals surface area contributed by atoms with Crippen LogP contribution in [0.25, 0.3) is 11.1 Å². The summed E-state index contributed by atoms with van der Waals surface area (Å²) < 4.78 is 1.77. The van der Waals surface area contributed by atoms with E-state index in [4.69, 9.17) is 11.6 Å². The highest BCUT2D eigenvalue weighted by Crippen LogP contribution is 2.32. The minimum atomic E-state index is -0.404. The van der Waals surface area contributed by atoms with Gasteiger partial charge >= 0.3 is 0 Å². The first-order chi connectivity index (χ1) is 13.1. The van der Waals surface area contributed by atoms with E-state index in [1.807, 2.05) is 24.3 Å². The summed E-state index contributed by atoms with van der Waals surface area (Å²) in [6, 6.07) is 7.68. The molecule has 142 valence electrons. The summed E-state index contributed by atoms with van der Waals surface area (Å²) in [7, 11) is 0. The smallest absolute Gasteiger partial charge is 0.231 e. The van der Waals surface area contributed by atoms with Gasteiger partial charge in [0.15, 0.2) is 0 Å². The van der Waals surface area contributed by atoms with Gasteiger partial charge in [-0.05, 0) is 30.5 Å². The number of rotatable bonds is 4. The van der Waals surface area contributed by atoms with Crippen LogP contribution < -0.4 is 10.6 Å². The Kier molecular flexibility index (Phi) is 5.16. The lowest BCUT2D eigenvalue weighted by molar-refractivity contribution is -0.128. The van der Waals surface area contributed by atoms with Gasteiger partial charge in [0.05, 0.1) is 18.7 Å². The Morgan fingerprint density at radius 2 is 1.96 bits per heavy atom. The Morgan fingerprint density at radius 3 is 2.70 bits per heavy atom. The molecule has 4 rings (SSSR count). The highest BCUT2D eigenvalue weighted by atomic mass is 35.5. The third-order valence-corrected chi connectivity index (χ3v) is 5.65. The highest BCUT2D eigenvalue weighted by Gasteiger charge is 2.31. The van der Waals surface area contributed by atoms with Crippen LogP contribution in [0.4, 0.5) is 5.82 Å². The molecule has 1 saturated carbocycles. The molecule has 2 aliphatic rings. The summed E-state index contributed by atoms with van der Waals surface area (Å²) in [5.41, 5.74) is 1.79. The maximum absolute atomic E-state index is 12.6. The molecule has 0 radical (unpaired) electrons. The molecule has 1 aliphatic heterocycles. The second-order valence-electron chi connectivity index (χ2n) is 7.39. The summed E-state index contributed by atoms with van der Waals surface area (Å²) >= 11 is 5.95. The molecule has 2 amide bonds. The number of anilines is 1. The van der Waals surface area contributed by atoms with E-state index >= 15 is 0 Å². The van der Waals surface area contributed by atoms with Crippen molar-refractivity contribution in [3.63, 3.8) is 0 Å². The predicted octanol–water partition coefficient (Wildman–Crippen LogP) is 3.61. The van der Waals surface area contributed by atoms with Crippen molar-refractivity contribution in [2.75, 3.05) is 5.32 Å². The molecule has 0 unspecified atom stereocenters. The second-order valence-corrected chi connectivity index (χ2v) is 7.83. The van der Waals surface area contributed by atoms with Crippen LogP contribution in [0.15, 0.2) is 30.5 Å². The number of nitrogens with zero attached hydrogens (tertiary/aromatic N) is 2. The van der Waals surface area contributed by atoms with Gasteiger partial charge in [0.1, 0.15) is 5.82 Å². The molecule has 1 aromatic carbocycles. The van der Waals surface area contributed by atoms with E-state index in [0.717, 1.165) is 24.0 Å². The van der Waals surface area contributed by atoms with E-state index < -0.39 is 5.92 Å². The molecule has 2 heterocycles. The SMILES string of the molecule is O=C(C[C@H]1Cn2ncc(-c3ccc(Cl)cc3)c2NC1=O)NC1CCCCC1. The van der Waals surface area contributed by atoms with E-state index in [1.54, 1.807) is 10.9 Å². The van der Waals surface area contributed by atoms with Crippen molar-refractivity contribution in [2.45, 2.75) is 51.1 Å². The molecule has 1 aliphatic carbocycles. The molecule has 2 aromatic rings. The van der Waals surface area contributed by atoms with Gasteiger partial charge in [-0.1, -0.05) is 43.0 Å². The zero-order valence-corrected chi connectivity index (χ0v) is 15.8. The number of benzene rings is 1. The molecule has 27 heavy (non-hydrogen) atoms. The zero-order chi connectivity index (χ0) is 18.8. The molecule has 1 aromatic heterocycles. The van der Waals surface area contributed by atoms with E-state index in [2.05, 4.69) is 15.7 Å². The topological polar surface area (TPSA) is 76.0 Å². The normalized spacial score (nSPS) is 20.0. The van der Waals surface area contributed by atoms with Crippen molar-refractivity contribution in [1.29, 1.82) is 0 Å². The van der Waals surface area contributed by atoms with Gasteiger partial charge in [-0.3, -0.25) is 9.59 Å². The number of nitrogens with one attached hydrogen (secondary N) is 2. The molecule has 0 bridgehead atoms. The lowest BCUT2D eigenvalue weighted by Crippen LogP contribution is -2.41. The number of hydrogen-bond acceptors (Lipinski definition) is 3. The average molecular weight is 387 g/mol. The van der Waals surface area contributed by atoms with E-state index in [0.29, 0.717) is 17.4 Å². The van der Waals surface area contributed by atoms with Crippen LogP contribution >= 0.6 is 11.6 Å². The van der Waals surface area contributed by atoms with Crippen LogP contribution in [0.5, 0.6) is 0 Å². The summed E-state index contributed by atoms with van der Waals surface area (Å²) in [6.45, 7) is 0.410. The van der Waals surface area contributed by atoms with Crippen molar-refractivity contribution < 1.29 is 9.59 Å². The standard InChI is InChI=1S/C20H23ClN4O2/c21-15-8-6-13(7-9-15)17-11-22-25-12-14(20(27)24-19(17)25)10-18(26)23-16-4-2-1-3-5-16/h6-9,11,14,16H,1-5,10,12H2,(H,23,26)(H,24,27)/t14-/m0/s1. The van der Waals surface area contributed by atoms with Gasteiger partial charge in [-0.2, -0.15) is 5.10 Å². The third-order valence-electron chi connectivity index (χ3n) is 5.40. The Hall–Kier alpha value is -2.34. The van der Waals surface area contributed by atoms with Crippen molar-refractivity contribution in [3.8, 4) is 11.1 Å². The van der Waals surface area contributed by atoms with Crippen molar-refractivity contribution in [3.05, 3.63) is 35.5 Å². The van der Waals surface area contributed by atoms with E-state index in [1.165, 1.54) is 19.3 Å². The fourth-order valence-corrected chi connectivity index (χ4v) is 4.05. The van der Waals surface area contributed by atoms with Crippen LogP contribution in [-0.2, 0) is 16.1 Å². The number of halogens is 1. The first-order valence-corrected chi connectivity index (χ1v) is 9.90. The predicted molar refractivity (Wildman–Crippen MR) is 104 cm³/mol. The molecular formula is C20H23ClN4O2. The third kappa shape index (κ3) is 4.00. The molecule has 1 atom stereocenters. The van der Waals surface area contributed by atoms with Crippen LogP contribution in [0.3, 0.4) is 0 Å². The Balaban J connectivity index is 1.43. The molecule has 2 N–H and O–H groups in total. The largest absolute Gasteiger partial charge is 0.353 e. The monoisotopic (exact) mass is 386 g/mol. The number of hydrogen-bond donors (Lipinski definition) is 2. The van der Waals surface area contributed by atoms with Gasteiger partial charge in [0.25, 0.3) is 0 Å². The van der Waals surface area contributed by atoms with Crippen molar-refractivity contribution in [2.24, 2.45) is 5.92 Å². The summed E-state index contributed by atoms with van der Waals surface area (Å²) in [6.07, 6.45) is 7.58. The molecule has 1 fully saturated rings. The van der Waals surface area contributed by atoms with Gasteiger partial charge < -0.3 is 10.6 Å². The van der Waals surface area contributed by atoms with Crippen LogP contribution in [0.1, 0.15) is 38.5 Å². The highest BCUT2D eigenvalue weighted by molar-refractivity contribution is 6.30. The van der Waals surface area contributed by atoms with Gasteiger partial charge in [0.2, 0.25) is 11.8 Å². The fourth-order valence-electron chi connectivity index (χ4n) is 3.92. The Labute approximate surface area is 163 Å². The molecule has 0 saturated heterocycles. The Morgan fingerprint density at radius 1 is 1.22 bits per heavy atom. The number of aromatic nitrogens is 2. The summed E-state index contributed by atoms with van der Waals surface area (Å²) in [5.74, 6) is 0.0953. The van der Waals surface area contributed by atoms with Crippen LogP contribution in [-0.4, -0.2) is 27.6 Å². The minimum Gasteiger partial charge on any atom is -0.353 e. The molecular weight excluding hydrogens is 364 g/mol. The zero-order valence-electron chi connectivity index (χ0n) is 15.1. The van der Waals surface area contributed by atoms with Crippen LogP contribution in [0.2, 0.25) is 5.02 Å². The average Bonchev–Trinajstić information content (AvgIpc) is 3.06. The van der Waals surface area contributed by atoms with Gasteiger partial charge in [-0.15, -0.1) is 0 Å². The first-order valence-electron chi connectivity index (χ1n) is 9.52. The number of amides is 2. The maximum Gasteiger partial charge on any atom is 0.231 e. The quantitative estimate of drug-likeness (QED) is 0.842. The number of carbonyl (C=O) groups is 2. The Bertz CT molecular complexity index is 840. The van der Waals surface area contributed by atoms with Crippen molar-refractivity contribution >= 4 is 29.2 Å². The summed E-state index contributed by atoms with van der Waals surface area (Å²) in [4.78, 5) is 24.9. The van der Waals surface area contributed by atoms with Gasteiger partial charge in [-0.25, -0.2) is 4.68 Å². The first kappa shape index (κ1) is 18.0. The van der Waals surface area contributed by atoms with Crippen LogP contribution in [0, 0.1) is 5.92 Å². The lowest BCUT2D eigenvalue weighted by atomic mass is 9.94. The number of fused-ring (bicyclic) bond motifs is 1. The maximum atomic E-state index is 12.6. The fraction of sp³-hybridized carbons (Fsp3) is 0.450. The summed E-state index contributed by atoms with van der Waals surface area (Å²) in [5, 5.41) is 11.1. The molecule has 6 nitrogen and oxygen atoms in total.